The predicted molar refractivity (Wildman–Crippen MR) is 69.5 cm³/mol. The quantitative estimate of drug-likeness (QED) is 0.888. The zero-order chi connectivity index (χ0) is 13.9. The summed E-state index contributed by atoms with van der Waals surface area (Å²) in [5.74, 6) is 0.0680. The van der Waals surface area contributed by atoms with Gasteiger partial charge in [-0.25, -0.2) is 4.39 Å². The summed E-state index contributed by atoms with van der Waals surface area (Å²) in [5, 5.41) is 9.64. The van der Waals surface area contributed by atoms with Gasteiger partial charge < -0.3 is 15.2 Å². The predicted octanol–water partition coefficient (Wildman–Crippen LogP) is 1.39. The van der Waals surface area contributed by atoms with E-state index < -0.39 is 0 Å². The number of amides is 1. The fraction of sp³-hybridized carbons (Fsp3) is 0.286. The first-order valence-electron chi connectivity index (χ1n) is 6.45. The van der Waals surface area contributed by atoms with E-state index in [0.29, 0.717) is 12.1 Å². The second-order valence-corrected chi connectivity index (χ2v) is 4.63. The van der Waals surface area contributed by atoms with E-state index in [-0.39, 0.29) is 24.0 Å². The van der Waals surface area contributed by atoms with Gasteiger partial charge >= 0.3 is 0 Å². The molecular weight excluding hydrogens is 261 g/mol. The lowest BCUT2D eigenvalue weighted by atomic mass is 10.1. The van der Waals surface area contributed by atoms with Crippen LogP contribution >= 0.6 is 0 Å². The maximum absolute atomic E-state index is 13.5. The molecule has 0 unspecified atom stereocenters. The number of rotatable bonds is 3. The molecule has 1 aromatic heterocycles. The summed E-state index contributed by atoms with van der Waals surface area (Å²) >= 11 is 0. The first-order chi connectivity index (χ1) is 9.75. The third kappa shape index (κ3) is 2.42. The van der Waals surface area contributed by atoms with Crippen LogP contribution in [0.5, 0.6) is 0 Å². The average molecular weight is 275 g/mol. The summed E-state index contributed by atoms with van der Waals surface area (Å²) < 4.78 is 18.6. The molecule has 2 heterocycles. The topological polar surface area (TPSA) is 67.2 Å². The van der Waals surface area contributed by atoms with Crippen molar-refractivity contribution in [2.24, 2.45) is 0 Å². The highest BCUT2D eigenvalue weighted by molar-refractivity contribution is 5.93. The molecule has 0 fully saturated rings. The number of hydrogen-bond acceptors (Lipinski definition) is 4. The van der Waals surface area contributed by atoms with Crippen LogP contribution in [0.3, 0.4) is 0 Å². The summed E-state index contributed by atoms with van der Waals surface area (Å²) in [5.41, 5.74) is 1.52. The van der Waals surface area contributed by atoms with Gasteiger partial charge in [-0.15, -0.1) is 0 Å². The number of carbonyl (C=O) groups excluding carboxylic acids is 1. The van der Waals surface area contributed by atoms with E-state index in [4.69, 9.17) is 4.52 Å². The smallest absolute Gasteiger partial charge is 0.274 e. The van der Waals surface area contributed by atoms with Gasteiger partial charge in [-0.2, -0.15) is 0 Å². The first-order valence-corrected chi connectivity index (χ1v) is 6.45. The Balaban J connectivity index is 1.71. The van der Waals surface area contributed by atoms with Crippen LogP contribution in [0.2, 0.25) is 0 Å². The van der Waals surface area contributed by atoms with Crippen molar-refractivity contribution in [3.05, 3.63) is 52.7 Å². The van der Waals surface area contributed by atoms with Crippen LogP contribution in [0.1, 0.15) is 27.4 Å². The molecule has 1 aliphatic rings. The molecule has 1 aromatic carbocycles. The fourth-order valence-corrected chi connectivity index (χ4v) is 2.22. The molecule has 0 atom stereocenters. The molecule has 3 rings (SSSR count). The molecule has 0 saturated heterocycles. The van der Waals surface area contributed by atoms with Gasteiger partial charge in [0.25, 0.3) is 5.91 Å². The van der Waals surface area contributed by atoms with Crippen molar-refractivity contribution in [1.29, 1.82) is 0 Å². The minimum atomic E-state index is -0.345. The van der Waals surface area contributed by atoms with Crippen molar-refractivity contribution in [2.75, 3.05) is 6.54 Å². The van der Waals surface area contributed by atoms with Crippen molar-refractivity contribution in [3.63, 3.8) is 0 Å². The number of nitrogens with one attached hydrogen (secondary N) is 2. The van der Waals surface area contributed by atoms with Crippen molar-refractivity contribution in [2.45, 2.75) is 19.5 Å². The molecule has 0 radical (unpaired) electrons. The average Bonchev–Trinajstić information content (AvgIpc) is 2.90. The van der Waals surface area contributed by atoms with Crippen molar-refractivity contribution < 1.29 is 13.7 Å². The molecular formula is C14H14FN3O2. The monoisotopic (exact) mass is 275 g/mol. The van der Waals surface area contributed by atoms with Crippen LogP contribution < -0.4 is 10.6 Å². The Bertz CT molecular complexity index is 639. The number of carbonyl (C=O) groups is 1. The Kier molecular flexibility index (Phi) is 3.47. The molecule has 1 aliphatic heterocycles. The Morgan fingerprint density at radius 3 is 3.15 bits per heavy atom. The molecule has 5 nitrogen and oxygen atoms in total. The van der Waals surface area contributed by atoms with Gasteiger partial charge in [0, 0.05) is 37.2 Å². The molecule has 0 saturated carbocycles. The summed E-state index contributed by atoms with van der Waals surface area (Å²) in [4.78, 5) is 12.1. The van der Waals surface area contributed by atoms with Gasteiger partial charge in [0.2, 0.25) is 0 Å². The highest BCUT2D eigenvalue weighted by atomic mass is 19.1. The van der Waals surface area contributed by atoms with Gasteiger partial charge in [0.1, 0.15) is 11.6 Å². The number of halogens is 1. The third-order valence-electron chi connectivity index (χ3n) is 3.31. The largest absolute Gasteiger partial charge is 0.360 e. The Morgan fingerprint density at radius 1 is 1.45 bits per heavy atom. The van der Waals surface area contributed by atoms with E-state index in [1.165, 1.54) is 6.07 Å². The number of nitrogens with zero attached hydrogens (tertiary/aromatic N) is 1. The van der Waals surface area contributed by atoms with E-state index in [2.05, 4.69) is 15.8 Å². The molecule has 0 spiro atoms. The molecule has 2 N–H and O–H groups in total. The van der Waals surface area contributed by atoms with E-state index in [0.717, 1.165) is 24.3 Å². The van der Waals surface area contributed by atoms with Crippen LogP contribution in [0, 0.1) is 5.82 Å². The Morgan fingerprint density at radius 2 is 2.30 bits per heavy atom. The minimum absolute atomic E-state index is 0.126. The van der Waals surface area contributed by atoms with Crippen LogP contribution in [-0.4, -0.2) is 17.6 Å². The lowest BCUT2D eigenvalue weighted by molar-refractivity contribution is 0.0940. The Hall–Kier alpha value is -2.21. The normalized spacial score (nSPS) is 13.8. The van der Waals surface area contributed by atoms with Crippen molar-refractivity contribution in [1.82, 2.24) is 15.8 Å². The third-order valence-corrected chi connectivity index (χ3v) is 3.31. The van der Waals surface area contributed by atoms with Crippen molar-refractivity contribution in [3.8, 4) is 0 Å². The van der Waals surface area contributed by atoms with Crippen LogP contribution in [0.4, 0.5) is 4.39 Å². The van der Waals surface area contributed by atoms with E-state index in [1.807, 2.05) is 0 Å². The maximum Gasteiger partial charge on any atom is 0.274 e. The van der Waals surface area contributed by atoms with Gasteiger partial charge in [0.15, 0.2) is 5.69 Å². The second-order valence-electron chi connectivity index (χ2n) is 4.63. The molecule has 20 heavy (non-hydrogen) atoms. The van der Waals surface area contributed by atoms with Crippen LogP contribution in [0.25, 0.3) is 0 Å². The number of aromatic nitrogens is 1. The standard InChI is InChI=1S/C14H14FN3O2/c15-11-4-2-1-3-9(11)7-17-14(19)13-10-8-16-6-5-12(10)20-18-13/h1-4,16H,5-8H2,(H,17,19). The summed E-state index contributed by atoms with van der Waals surface area (Å²) in [6.45, 7) is 1.51. The second kappa shape index (κ2) is 5.42. The lowest BCUT2D eigenvalue weighted by Gasteiger charge is -2.11. The summed E-state index contributed by atoms with van der Waals surface area (Å²) in [6.07, 6.45) is 0.725. The highest BCUT2D eigenvalue weighted by Gasteiger charge is 2.23. The lowest BCUT2D eigenvalue weighted by Crippen LogP contribution is -2.28. The number of hydrogen-bond donors (Lipinski definition) is 2. The Labute approximate surface area is 115 Å². The molecule has 0 aliphatic carbocycles. The zero-order valence-electron chi connectivity index (χ0n) is 10.8. The minimum Gasteiger partial charge on any atom is -0.360 e. The van der Waals surface area contributed by atoms with Gasteiger partial charge in [0.05, 0.1) is 0 Å². The van der Waals surface area contributed by atoms with Crippen LogP contribution in [0.15, 0.2) is 28.8 Å². The first kappa shape index (κ1) is 12.8. The van der Waals surface area contributed by atoms with E-state index in [9.17, 15) is 9.18 Å². The number of fused-ring (bicyclic) bond motifs is 1. The zero-order valence-corrected chi connectivity index (χ0v) is 10.8. The van der Waals surface area contributed by atoms with Crippen LogP contribution in [-0.2, 0) is 19.5 Å². The van der Waals surface area contributed by atoms with Crippen molar-refractivity contribution >= 4 is 5.91 Å². The van der Waals surface area contributed by atoms with Gasteiger partial charge in [-0.3, -0.25) is 4.79 Å². The maximum atomic E-state index is 13.5. The number of benzene rings is 1. The van der Waals surface area contributed by atoms with Gasteiger partial charge in [-0.1, -0.05) is 23.4 Å². The summed E-state index contributed by atoms with van der Waals surface area (Å²) in [7, 11) is 0. The van der Waals surface area contributed by atoms with E-state index >= 15 is 0 Å². The molecule has 2 aromatic rings. The molecule has 6 heteroatoms. The van der Waals surface area contributed by atoms with E-state index in [1.54, 1.807) is 18.2 Å². The SMILES string of the molecule is O=C(NCc1ccccc1F)c1noc2c1CNCC2. The molecule has 1 amide bonds. The summed E-state index contributed by atoms with van der Waals surface area (Å²) in [6, 6.07) is 6.34. The molecule has 104 valence electrons. The molecule has 0 bridgehead atoms. The van der Waals surface area contributed by atoms with Gasteiger partial charge in [-0.05, 0) is 6.07 Å². The fourth-order valence-electron chi connectivity index (χ4n) is 2.22. The highest BCUT2D eigenvalue weighted by Crippen LogP contribution is 2.18.